The Morgan fingerprint density at radius 2 is 2.50 bits per heavy atom. The van der Waals surface area contributed by atoms with Crippen LogP contribution in [0.25, 0.3) is 0 Å². The number of rotatable bonds is 5. The van der Waals surface area contributed by atoms with Crippen LogP contribution in [-0.4, -0.2) is 37.7 Å². The topological polar surface area (TPSA) is 12.5 Å². The van der Waals surface area contributed by atoms with Crippen LogP contribution in [0.2, 0.25) is 0 Å². The van der Waals surface area contributed by atoms with Gasteiger partial charge in [-0.3, -0.25) is 0 Å². The number of hydrogen-bond donors (Lipinski definition) is 0. The van der Waals surface area contributed by atoms with Crippen molar-refractivity contribution in [3.05, 3.63) is 12.7 Å². The minimum Gasteiger partial charge on any atom is -0.377 e. The van der Waals surface area contributed by atoms with E-state index in [2.05, 4.69) is 18.5 Å². The highest BCUT2D eigenvalue weighted by atomic mass is 16.5. The lowest BCUT2D eigenvalue weighted by Crippen LogP contribution is -2.19. The van der Waals surface area contributed by atoms with Gasteiger partial charge >= 0.3 is 0 Å². The molecule has 2 heteroatoms. The second-order valence-corrected chi connectivity index (χ2v) is 3.47. The summed E-state index contributed by atoms with van der Waals surface area (Å²) in [6, 6.07) is 0. The third-order valence-corrected chi connectivity index (χ3v) is 2.25. The van der Waals surface area contributed by atoms with E-state index in [-0.39, 0.29) is 0 Å². The highest BCUT2D eigenvalue weighted by Gasteiger charge is 2.18. The number of likely N-dealkylation sites (tertiary alicyclic amines) is 1. The van der Waals surface area contributed by atoms with Crippen LogP contribution in [-0.2, 0) is 4.74 Å². The standard InChI is InChI=1S/C10H19NO/c1-3-4-5-8-12-10-6-7-11(2)9-10/h3,10H,1,4-9H2,2H3. The average Bonchev–Trinajstić information content (AvgIpc) is 2.45. The van der Waals surface area contributed by atoms with Crippen molar-refractivity contribution in [1.82, 2.24) is 4.90 Å². The molecule has 0 N–H and O–H groups in total. The van der Waals surface area contributed by atoms with Gasteiger partial charge in [0.15, 0.2) is 0 Å². The predicted molar refractivity (Wildman–Crippen MR) is 51.3 cm³/mol. The minimum absolute atomic E-state index is 0.486. The van der Waals surface area contributed by atoms with Gasteiger partial charge in [-0.2, -0.15) is 0 Å². The van der Waals surface area contributed by atoms with E-state index < -0.39 is 0 Å². The molecule has 1 aliphatic heterocycles. The van der Waals surface area contributed by atoms with E-state index in [1.165, 1.54) is 13.0 Å². The van der Waals surface area contributed by atoms with Gasteiger partial charge in [-0.15, -0.1) is 6.58 Å². The molecule has 0 aliphatic carbocycles. The molecule has 0 saturated carbocycles. The van der Waals surface area contributed by atoms with E-state index in [1.807, 2.05) is 6.08 Å². The van der Waals surface area contributed by atoms with Gasteiger partial charge in [-0.1, -0.05) is 6.08 Å². The second-order valence-electron chi connectivity index (χ2n) is 3.47. The normalized spacial score (nSPS) is 24.6. The van der Waals surface area contributed by atoms with Crippen LogP contribution in [0.3, 0.4) is 0 Å². The number of hydrogen-bond acceptors (Lipinski definition) is 2. The Balaban J connectivity index is 1.96. The molecule has 1 saturated heterocycles. The number of likely N-dealkylation sites (N-methyl/N-ethyl adjacent to an activating group) is 1. The molecule has 0 aromatic rings. The smallest absolute Gasteiger partial charge is 0.0714 e. The van der Waals surface area contributed by atoms with Crippen LogP contribution in [0.1, 0.15) is 19.3 Å². The second kappa shape index (κ2) is 5.33. The van der Waals surface area contributed by atoms with E-state index in [0.29, 0.717) is 6.10 Å². The summed E-state index contributed by atoms with van der Waals surface area (Å²) in [7, 11) is 2.15. The van der Waals surface area contributed by atoms with E-state index in [0.717, 1.165) is 26.0 Å². The molecule has 1 heterocycles. The molecular formula is C10H19NO. The van der Waals surface area contributed by atoms with Crippen LogP contribution in [0, 0.1) is 0 Å². The van der Waals surface area contributed by atoms with Gasteiger partial charge in [0.1, 0.15) is 0 Å². The first-order valence-corrected chi connectivity index (χ1v) is 4.74. The maximum Gasteiger partial charge on any atom is 0.0714 e. The molecule has 12 heavy (non-hydrogen) atoms. The van der Waals surface area contributed by atoms with Crippen molar-refractivity contribution < 1.29 is 4.74 Å². The summed E-state index contributed by atoms with van der Waals surface area (Å²) >= 11 is 0. The number of nitrogens with zero attached hydrogens (tertiary/aromatic N) is 1. The predicted octanol–water partition coefficient (Wildman–Crippen LogP) is 1.67. The van der Waals surface area contributed by atoms with Crippen molar-refractivity contribution >= 4 is 0 Å². The summed E-state index contributed by atoms with van der Waals surface area (Å²) in [4.78, 5) is 2.32. The Kier molecular flexibility index (Phi) is 4.33. The van der Waals surface area contributed by atoms with Crippen molar-refractivity contribution in [2.45, 2.75) is 25.4 Å². The van der Waals surface area contributed by atoms with Crippen LogP contribution in [0.15, 0.2) is 12.7 Å². The molecule has 0 aromatic carbocycles. The first kappa shape index (κ1) is 9.75. The zero-order valence-corrected chi connectivity index (χ0v) is 7.96. The van der Waals surface area contributed by atoms with Crippen molar-refractivity contribution in [3.63, 3.8) is 0 Å². The molecule has 2 nitrogen and oxygen atoms in total. The van der Waals surface area contributed by atoms with Gasteiger partial charge in [-0.25, -0.2) is 0 Å². The molecule has 0 bridgehead atoms. The molecule has 70 valence electrons. The fourth-order valence-corrected chi connectivity index (χ4v) is 1.51. The van der Waals surface area contributed by atoms with Crippen molar-refractivity contribution in [2.24, 2.45) is 0 Å². The number of unbranched alkanes of at least 4 members (excludes halogenated alkanes) is 1. The molecule has 0 aromatic heterocycles. The zero-order valence-electron chi connectivity index (χ0n) is 7.96. The molecule has 0 amide bonds. The Bertz CT molecular complexity index is 136. The van der Waals surface area contributed by atoms with Gasteiger partial charge in [0.2, 0.25) is 0 Å². The zero-order chi connectivity index (χ0) is 8.81. The SMILES string of the molecule is C=CCCCOC1CCN(C)C1. The van der Waals surface area contributed by atoms with Gasteiger partial charge < -0.3 is 9.64 Å². The van der Waals surface area contributed by atoms with Crippen LogP contribution < -0.4 is 0 Å². The lowest BCUT2D eigenvalue weighted by atomic mass is 10.3. The highest BCUT2D eigenvalue weighted by Crippen LogP contribution is 2.10. The lowest BCUT2D eigenvalue weighted by molar-refractivity contribution is 0.0597. The third-order valence-electron chi connectivity index (χ3n) is 2.25. The van der Waals surface area contributed by atoms with E-state index in [1.54, 1.807) is 0 Å². The van der Waals surface area contributed by atoms with Gasteiger partial charge in [-0.05, 0) is 26.3 Å². The Morgan fingerprint density at radius 3 is 3.08 bits per heavy atom. The monoisotopic (exact) mass is 169 g/mol. The van der Waals surface area contributed by atoms with E-state index >= 15 is 0 Å². The first-order valence-electron chi connectivity index (χ1n) is 4.74. The lowest BCUT2D eigenvalue weighted by Gasteiger charge is -2.11. The molecule has 1 rings (SSSR count). The summed E-state index contributed by atoms with van der Waals surface area (Å²) in [6.45, 7) is 6.86. The van der Waals surface area contributed by atoms with E-state index in [4.69, 9.17) is 4.74 Å². The maximum absolute atomic E-state index is 5.69. The van der Waals surface area contributed by atoms with Crippen molar-refractivity contribution in [2.75, 3.05) is 26.7 Å². The highest BCUT2D eigenvalue weighted by molar-refractivity contribution is 4.73. The Morgan fingerprint density at radius 1 is 1.67 bits per heavy atom. The fraction of sp³-hybridized carbons (Fsp3) is 0.800. The van der Waals surface area contributed by atoms with Crippen LogP contribution in [0.5, 0.6) is 0 Å². The molecule has 1 fully saturated rings. The fourth-order valence-electron chi connectivity index (χ4n) is 1.51. The first-order chi connectivity index (χ1) is 5.83. The summed E-state index contributed by atoms with van der Waals surface area (Å²) in [6.07, 6.45) is 5.82. The van der Waals surface area contributed by atoms with Crippen LogP contribution >= 0.6 is 0 Å². The van der Waals surface area contributed by atoms with Gasteiger partial charge in [0.25, 0.3) is 0 Å². The van der Waals surface area contributed by atoms with Gasteiger partial charge in [0, 0.05) is 19.7 Å². The quantitative estimate of drug-likeness (QED) is 0.458. The minimum atomic E-state index is 0.486. The largest absolute Gasteiger partial charge is 0.377 e. The summed E-state index contributed by atoms with van der Waals surface area (Å²) in [5, 5.41) is 0. The van der Waals surface area contributed by atoms with Crippen molar-refractivity contribution in [3.8, 4) is 0 Å². The average molecular weight is 169 g/mol. The van der Waals surface area contributed by atoms with Crippen LogP contribution in [0.4, 0.5) is 0 Å². The van der Waals surface area contributed by atoms with Crippen molar-refractivity contribution in [1.29, 1.82) is 0 Å². The molecule has 0 radical (unpaired) electrons. The number of ether oxygens (including phenoxy) is 1. The molecule has 0 spiro atoms. The summed E-state index contributed by atoms with van der Waals surface area (Å²) < 4.78 is 5.69. The van der Waals surface area contributed by atoms with Gasteiger partial charge in [0.05, 0.1) is 6.10 Å². The number of allylic oxidation sites excluding steroid dienone is 1. The molecule has 1 aliphatic rings. The Hall–Kier alpha value is -0.340. The third kappa shape index (κ3) is 3.37. The van der Waals surface area contributed by atoms with E-state index in [9.17, 15) is 0 Å². The summed E-state index contributed by atoms with van der Waals surface area (Å²) in [5.74, 6) is 0. The summed E-state index contributed by atoms with van der Waals surface area (Å²) in [5.41, 5.74) is 0. The molecular weight excluding hydrogens is 150 g/mol. The molecule has 1 atom stereocenters. The maximum atomic E-state index is 5.69. The molecule has 1 unspecified atom stereocenters. The Labute approximate surface area is 75.2 Å².